The second-order valence-corrected chi connectivity index (χ2v) is 4.10. The fraction of sp³-hybridized carbons (Fsp3) is 0.417. The molecule has 0 N–H and O–H groups in total. The average Bonchev–Trinajstić information content (AvgIpc) is 2.25. The maximum atomic E-state index is 13.4. The van der Waals surface area contributed by atoms with Crippen molar-refractivity contribution in [3.63, 3.8) is 0 Å². The lowest BCUT2D eigenvalue weighted by molar-refractivity contribution is -0.0451. The summed E-state index contributed by atoms with van der Waals surface area (Å²) in [5.41, 5.74) is -1.52. The highest BCUT2D eigenvalue weighted by atomic mass is 19.2. The highest BCUT2D eigenvalue weighted by Gasteiger charge is 2.45. The minimum Gasteiger partial charge on any atom is -0.370 e. The number of ketones is 1. The topological polar surface area (TPSA) is 26.3 Å². The fourth-order valence-electron chi connectivity index (χ4n) is 1.97. The van der Waals surface area contributed by atoms with Gasteiger partial charge in [-0.2, -0.15) is 0 Å². The van der Waals surface area contributed by atoms with Crippen LogP contribution in [0.4, 0.5) is 13.2 Å². The second-order valence-electron chi connectivity index (χ2n) is 4.10. The van der Waals surface area contributed by atoms with Crippen molar-refractivity contribution in [1.82, 2.24) is 0 Å². The summed E-state index contributed by atoms with van der Waals surface area (Å²) in [5.74, 6) is -5.00. The first-order chi connectivity index (χ1) is 8.02. The molecule has 0 aromatic heterocycles. The Morgan fingerprint density at radius 1 is 1.24 bits per heavy atom. The minimum absolute atomic E-state index is 0.453. The van der Waals surface area contributed by atoms with Crippen LogP contribution in [0.25, 0.3) is 0 Å². The van der Waals surface area contributed by atoms with Crippen LogP contribution >= 0.6 is 0 Å². The lowest BCUT2D eigenvalue weighted by Crippen LogP contribution is -2.47. The molecule has 92 valence electrons. The lowest BCUT2D eigenvalue weighted by atomic mass is 9.74. The molecule has 1 saturated carbocycles. The number of methoxy groups -OCH3 is 1. The van der Waals surface area contributed by atoms with Crippen LogP contribution in [0.5, 0.6) is 0 Å². The SMILES string of the molecule is COC1(C(=O)c2ccc(F)c(F)c2F)CCC1. The molecule has 1 aromatic carbocycles. The van der Waals surface area contributed by atoms with E-state index >= 15 is 0 Å². The Kier molecular flexibility index (Phi) is 2.95. The van der Waals surface area contributed by atoms with Crippen LogP contribution in [-0.2, 0) is 4.74 Å². The monoisotopic (exact) mass is 244 g/mol. The summed E-state index contributed by atoms with van der Waals surface area (Å²) in [4.78, 5) is 12.0. The van der Waals surface area contributed by atoms with E-state index in [0.29, 0.717) is 12.8 Å². The molecule has 5 heteroatoms. The van der Waals surface area contributed by atoms with Crippen molar-refractivity contribution in [2.24, 2.45) is 0 Å². The van der Waals surface area contributed by atoms with Crippen molar-refractivity contribution in [2.75, 3.05) is 7.11 Å². The molecule has 0 bridgehead atoms. The number of hydrogen-bond donors (Lipinski definition) is 0. The molecule has 1 aromatic rings. The third kappa shape index (κ3) is 1.74. The summed E-state index contributed by atoms with van der Waals surface area (Å²) in [6.45, 7) is 0. The first-order valence-corrected chi connectivity index (χ1v) is 5.25. The van der Waals surface area contributed by atoms with Gasteiger partial charge in [-0.25, -0.2) is 13.2 Å². The Hall–Kier alpha value is -1.36. The van der Waals surface area contributed by atoms with Gasteiger partial charge in [0.15, 0.2) is 23.2 Å². The molecule has 0 amide bonds. The first kappa shape index (κ1) is 12.1. The highest BCUT2D eigenvalue weighted by molar-refractivity contribution is 6.03. The fourth-order valence-corrected chi connectivity index (χ4v) is 1.97. The van der Waals surface area contributed by atoms with E-state index in [1.165, 1.54) is 7.11 Å². The van der Waals surface area contributed by atoms with E-state index in [1.807, 2.05) is 0 Å². The van der Waals surface area contributed by atoms with Gasteiger partial charge in [0.05, 0.1) is 5.56 Å². The van der Waals surface area contributed by atoms with E-state index in [9.17, 15) is 18.0 Å². The van der Waals surface area contributed by atoms with Crippen LogP contribution in [0, 0.1) is 17.5 Å². The normalized spacial score (nSPS) is 17.6. The van der Waals surface area contributed by atoms with Gasteiger partial charge in [-0.15, -0.1) is 0 Å². The second kappa shape index (κ2) is 4.14. The summed E-state index contributed by atoms with van der Waals surface area (Å²) in [5, 5.41) is 0. The van der Waals surface area contributed by atoms with E-state index < -0.39 is 34.4 Å². The molecular weight excluding hydrogens is 233 g/mol. The molecule has 2 nitrogen and oxygen atoms in total. The summed E-state index contributed by atoms with van der Waals surface area (Å²) in [7, 11) is 1.36. The summed E-state index contributed by atoms with van der Waals surface area (Å²) >= 11 is 0. The van der Waals surface area contributed by atoms with E-state index in [0.717, 1.165) is 18.6 Å². The van der Waals surface area contributed by atoms with Crippen molar-refractivity contribution in [1.29, 1.82) is 0 Å². The minimum atomic E-state index is -1.62. The van der Waals surface area contributed by atoms with Gasteiger partial charge in [-0.3, -0.25) is 4.79 Å². The van der Waals surface area contributed by atoms with Crippen molar-refractivity contribution < 1.29 is 22.7 Å². The Morgan fingerprint density at radius 2 is 1.88 bits per heavy atom. The molecule has 0 atom stereocenters. The smallest absolute Gasteiger partial charge is 0.197 e. The number of ether oxygens (including phenoxy) is 1. The zero-order chi connectivity index (χ0) is 12.6. The van der Waals surface area contributed by atoms with Crippen LogP contribution in [0.15, 0.2) is 12.1 Å². The van der Waals surface area contributed by atoms with Gasteiger partial charge < -0.3 is 4.74 Å². The van der Waals surface area contributed by atoms with Crippen molar-refractivity contribution >= 4 is 5.78 Å². The molecule has 0 aliphatic heterocycles. The molecule has 1 aliphatic carbocycles. The standard InChI is InChI=1S/C12H11F3O2/c1-17-12(5-2-6-12)11(16)7-3-4-8(13)10(15)9(7)14/h3-4H,2,5-6H2,1H3. The van der Waals surface area contributed by atoms with Gasteiger partial charge >= 0.3 is 0 Å². The number of hydrogen-bond acceptors (Lipinski definition) is 2. The number of halogens is 3. The number of Topliss-reactive ketones (excluding diaryl/α,β-unsaturated/α-hetero) is 1. The molecule has 0 heterocycles. The van der Waals surface area contributed by atoms with Crippen molar-refractivity contribution in [2.45, 2.75) is 24.9 Å². The van der Waals surface area contributed by atoms with E-state index in [4.69, 9.17) is 4.74 Å². The van der Waals surface area contributed by atoms with Gasteiger partial charge in [0.2, 0.25) is 0 Å². The van der Waals surface area contributed by atoms with Crippen molar-refractivity contribution in [3.05, 3.63) is 35.1 Å². The largest absolute Gasteiger partial charge is 0.370 e. The van der Waals surface area contributed by atoms with Gasteiger partial charge in [0, 0.05) is 7.11 Å². The Morgan fingerprint density at radius 3 is 2.35 bits per heavy atom. The van der Waals surface area contributed by atoms with Crippen LogP contribution in [0.3, 0.4) is 0 Å². The molecule has 1 aliphatic rings. The zero-order valence-corrected chi connectivity index (χ0v) is 9.23. The van der Waals surface area contributed by atoms with Crippen LogP contribution in [-0.4, -0.2) is 18.5 Å². The van der Waals surface area contributed by atoms with E-state index in [1.54, 1.807) is 0 Å². The predicted molar refractivity (Wildman–Crippen MR) is 54.2 cm³/mol. The third-order valence-electron chi connectivity index (χ3n) is 3.25. The molecule has 17 heavy (non-hydrogen) atoms. The molecule has 2 rings (SSSR count). The maximum absolute atomic E-state index is 13.4. The highest BCUT2D eigenvalue weighted by Crippen LogP contribution is 2.38. The molecule has 0 spiro atoms. The number of benzene rings is 1. The molecule has 1 fully saturated rings. The van der Waals surface area contributed by atoms with Crippen LogP contribution in [0.1, 0.15) is 29.6 Å². The summed E-state index contributed by atoms with van der Waals surface area (Å²) in [6.07, 6.45) is 1.74. The average molecular weight is 244 g/mol. The number of carbonyl (C=O) groups excluding carboxylic acids is 1. The number of carbonyl (C=O) groups is 1. The maximum Gasteiger partial charge on any atom is 0.197 e. The molecule has 0 unspecified atom stereocenters. The Balaban J connectivity index is 2.41. The lowest BCUT2D eigenvalue weighted by Gasteiger charge is -2.38. The Labute approximate surface area is 96.4 Å². The quantitative estimate of drug-likeness (QED) is 0.603. The van der Waals surface area contributed by atoms with Gasteiger partial charge in [0.25, 0.3) is 0 Å². The molecule has 0 radical (unpaired) electrons. The summed E-state index contributed by atoms with van der Waals surface area (Å²) < 4.78 is 44.3. The predicted octanol–water partition coefficient (Wildman–Crippen LogP) is 2.86. The first-order valence-electron chi connectivity index (χ1n) is 5.25. The number of rotatable bonds is 3. The van der Waals surface area contributed by atoms with Crippen molar-refractivity contribution in [3.8, 4) is 0 Å². The van der Waals surface area contributed by atoms with Crippen LogP contribution < -0.4 is 0 Å². The Bertz CT molecular complexity index is 462. The van der Waals surface area contributed by atoms with Gasteiger partial charge in [0.1, 0.15) is 5.60 Å². The van der Waals surface area contributed by atoms with Gasteiger partial charge in [-0.05, 0) is 31.4 Å². The van der Waals surface area contributed by atoms with Gasteiger partial charge in [-0.1, -0.05) is 0 Å². The molecule has 0 saturated heterocycles. The molecular formula is C12H11F3O2. The zero-order valence-electron chi connectivity index (χ0n) is 9.23. The third-order valence-corrected chi connectivity index (χ3v) is 3.25. The van der Waals surface area contributed by atoms with Crippen LogP contribution in [0.2, 0.25) is 0 Å². The van der Waals surface area contributed by atoms with E-state index in [-0.39, 0.29) is 0 Å². The summed E-state index contributed by atoms with van der Waals surface area (Å²) in [6, 6.07) is 1.70. The van der Waals surface area contributed by atoms with E-state index in [2.05, 4.69) is 0 Å².